The monoisotopic (exact) mass is 620 g/mol. The van der Waals surface area contributed by atoms with Gasteiger partial charge in [-0.25, -0.2) is 0 Å². The molecular weight excluding hydrogens is 580 g/mol. The van der Waals surface area contributed by atoms with Crippen molar-refractivity contribution in [2.24, 2.45) is 0 Å². The Morgan fingerprint density at radius 1 is 0.978 bits per heavy atom. The maximum atomic E-state index is 13.7. The maximum Gasteiger partial charge on any atom is 0.308 e. The molecule has 3 aromatic carbocycles. The van der Waals surface area contributed by atoms with Gasteiger partial charge in [-0.3, -0.25) is 19.3 Å². The van der Waals surface area contributed by atoms with Crippen LogP contribution in [-0.2, 0) is 37.4 Å². The number of rotatable bonds is 8. The zero-order valence-corrected chi connectivity index (χ0v) is 26.6. The van der Waals surface area contributed by atoms with Crippen molar-refractivity contribution in [3.63, 3.8) is 0 Å². The number of carbonyl (C=O) groups excluding carboxylic acids is 3. The molecule has 1 saturated carbocycles. The molecule has 1 amide bonds. The van der Waals surface area contributed by atoms with Gasteiger partial charge in [0.25, 0.3) is 0 Å². The molecule has 3 aromatic rings. The summed E-state index contributed by atoms with van der Waals surface area (Å²) in [5, 5.41) is 0. The Morgan fingerprint density at radius 2 is 1.72 bits per heavy atom. The highest BCUT2D eigenvalue weighted by molar-refractivity contribution is 5.92. The van der Waals surface area contributed by atoms with Crippen LogP contribution in [0.2, 0.25) is 0 Å². The third-order valence-electron chi connectivity index (χ3n) is 10.7. The molecule has 2 fully saturated rings. The lowest BCUT2D eigenvalue weighted by Crippen LogP contribution is -2.79. The minimum absolute atomic E-state index is 0.0714. The number of hydrogen-bond acceptors (Lipinski definition) is 7. The highest BCUT2D eigenvalue weighted by Crippen LogP contribution is 2.67. The first-order valence-electron chi connectivity index (χ1n) is 16.2. The number of benzene rings is 3. The quantitative estimate of drug-likeness (QED) is 0.196. The lowest BCUT2D eigenvalue weighted by Gasteiger charge is -2.65. The van der Waals surface area contributed by atoms with Crippen LogP contribution in [0, 0.1) is 0 Å². The highest BCUT2D eigenvalue weighted by atomic mass is 16.6. The minimum atomic E-state index is -0.869. The Bertz CT molecular complexity index is 1690. The first kappa shape index (κ1) is 30.2. The summed E-state index contributed by atoms with van der Waals surface area (Å²) in [5.41, 5.74) is 2.71. The lowest BCUT2D eigenvalue weighted by molar-refractivity contribution is -0.223. The molecule has 0 radical (unpaired) electrons. The van der Waals surface area contributed by atoms with Crippen molar-refractivity contribution in [2.45, 2.75) is 75.2 Å². The molecule has 7 rings (SSSR count). The van der Waals surface area contributed by atoms with E-state index in [9.17, 15) is 14.4 Å². The molecule has 46 heavy (non-hydrogen) atoms. The van der Waals surface area contributed by atoms with Crippen LogP contribution < -0.4 is 9.47 Å². The predicted octanol–water partition coefficient (Wildman–Crippen LogP) is 5.12. The van der Waals surface area contributed by atoms with Crippen LogP contribution >= 0.6 is 0 Å². The first-order valence-corrected chi connectivity index (χ1v) is 16.2. The van der Waals surface area contributed by atoms with E-state index in [1.807, 2.05) is 61.7 Å². The summed E-state index contributed by atoms with van der Waals surface area (Å²) in [6, 6.07) is 23.7. The standard InChI is InChI=1S/C38H40N2O6/c1-25(41)44-31-16-15-29-24-32-38(46-26(2)42)20-18-30(39(3)33(43)17-14-27-10-6-4-7-11-27)36-37(38,34(29)35(31)45-36)21-23-40(32)22-19-28-12-8-5-9-13-28/h4-17,30,32,36H,18-24H2,1-3H3/t30-,32-,36+,37+,38-/m1/s1. The molecule has 2 aliphatic heterocycles. The highest BCUT2D eigenvalue weighted by Gasteiger charge is 2.75. The van der Waals surface area contributed by atoms with Crippen molar-refractivity contribution in [1.29, 1.82) is 0 Å². The van der Waals surface area contributed by atoms with Gasteiger partial charge in [0.05, 0.1) is 17.5 Å². The van der Waals surface area contributed by atoms with Gasteiger partial charge in [0, 0.05) is 39.1 Å². The van der Waals surface area contributed by atoms with Crippen molar-refractivity contribution in [3.05, 3.63) is 101 Å². The van der Waals surface area contributed by atoms with Gasteiger partial charge in [0.2, 0.25) is 5.91 Å². The molecule has 8 heteroatoms. The van der Waals surface area contributed by atoms with Gasteiger partial charge >= 0.3 is 11.9 Å². The summed E-state index contributed by atoms with van der Waals surface area (Å²) in [7, 11) is 1.83. The van der Waals surface area contributed by atoms with Gasteiger partial charge in [-0.05, 0) is 67.5 Å². The van der Waals surface area contributed by atoms with Crippen LogP contribution in [0.5, 0.6) is 11.5 Å². The number of nitrogens with zero attached hydrogens (tertiary/aromatic N) is 2. The van der Waals surface area contributed by atoms with Gasteiger partial charge < -0.3 is 19.1 Å². The molecule has 2 bridgehead atoms. The smallest absolute Gasteiger partial charge is 0.308 e. The summed E-state index contributed by atoms with van der Waals surface area (Å²) in [5.74, 6) is 0.0248. The summed E-state index contributed by atoms with van der Waals surface area (Å²) >= 11 is 0. The number of likely N-dealkylation sites (tertiary alicyclic amines) is 1. The fraction of sp³-hybridized carbons (Fsp3) is 0.395. The van der Waals surface area contributed by atoms with Crippen molar-refractivity contribution in [3.8, 4) is 11.5 Å². The van der Waals surface area contributed by atoms with Crippen molar-refractivity contribution < 1.29 is 28.6 Å². The fourth-order valence-corrected chi connectivity index (χ4v) is 8.86. The zero-order valence-electron chi connectivity index (χ0n) is 26.6. The maximum absolute atomic E-state index is 13.7. The second-order valence-corrected chi connectivity index (χ2v) is 13.1. The van der Waals surface area contributed by atoms with Crippen LogP contribution in [0.3, 0.4) is 0 Å². The number of likely N-dealkylation sites (N-methyl/N-ethyl adjacent to an activating group) is 1. The molecule has 8 nitrogen and oxygen atoms in total. The van der Waals surface area contributed by atoms with Gasteiger partial charge in [0.1, 0.15) is 11.7 Å². The molecule has 5 atom stereocenters. The molecule has 0 aromatic heterocycles. The van der Waals surface area contributed by atoms with E-state index in [1.165, 1.54) is 19.4 Å². The van der Waals surface area contributed by atoms with Gasteiger partial charge in [0.15, 0.2) is 11.5 Å². The summed E-state index contributed by atoms with van der Waals surface area (Å²) in [4.78, 5) is 43.2. The third kappa shape index (κ3) is 4.81. The van der Waals surface area contributed by atoms with Gasteiger partial charge in [-0.15, -0.1) is 0 Å². The van der Waals surface area contributed by atoms with E-state index in [0.717, 1.165) is 36.2 Å². The van der Waals surface area contributed by atoms with E-state index >= 15 is 0 Å². The molecule has 2 heterocycles. The topological polar surface area (TPSA) is 85.4 Å². The number of carbonyl (C=O) groups is 3. The number of piperidine rings is 1. The SMILES string of the molecule is CC(=O)Oc1ccc2c3c1O[C@H]1[C@H](N(C)C(=O)C=Cc4ccccc4)CC[C@@]4(OC(C)=O)[C@@H](C2)N(CCc2ccccc2)CC[C@]314. The first-order chi connectivity index (χ1) is 22.2. The fourth-order valence-electron chi connectivity index (χ4n) is 8.86. The van der Waals surface area contributed by atoms with Crippen LogP contribution in [-0.4, -0.2) is 71.6 Å². The second-order valence-electron chi connectivity index (χ2n) is 13.1. The number of esters is 2. The van der Waals surface area contributed by atoms with E-state index < -0.39 is 23.1 Å². The Morgan fingerprint density at radius 3 is 2.43 bits per heavy atom. The van der Waals surface area contributed by atoms with E-state index in [4.69, 9.17) is 14.2 Å². The van der Waals surface area contributed by atoms with Gasteiger partial charge in [-0.1, -0.05) is 66.7 Å². The number of amides is 1. The molecule has 238 valence electrons. The van der Waals surface area contributed by atoms with Crippen LogP contribution in [0.25, 0.3) is 6.08 Å². The molecular formula is C38H40N2O6. The van der Waals surface area contributed by atoms with Crippen LogP contribution in [0.4, 0.5) is 0 Å². The molecule has 2 aliphatic carbocycles. The summed E-state index contributed by atoms with van der Waals surface area (Å²) in [6.07, 6.45) is 6.36. The average Bonchev–Trinajstić information content (AvgIpc) is 3.40. The third-order valence-corrected chi connectivity index (χ3v) is 10.7. The molecule has 0 unspecified atom stereocenters. The van der Waals surface area contributed by atoms with E-state index in [0.29, 0.717) is 37.2 Å². The van der Waals surface area contributed by atoms with Crippen LogP contribution in [0.1, 0.15) is 55.4 Å². The Kier molecular flexibility index (Phi) is 7.71. The largest absolute Gasteiger partial charge is 0.483 e. The summed E-state index contributed by atoms with van der Waals surface area (Å²) in [6.45, 7) is 4.49. The summed E-state index contributed by atoms with van der Waals surface area (Å²) < 4.78 is 19.2. The Hall–Kier alpha value is -4.43. The van der Waals surface area contributed by atoms with Crippen molar-refractivity contribution in [1.82, 2.24) is 9.80 Å². The Labute approximate surface area is 269 Å². The van der Waals surface area contributed by atoms with E-state index in [1.54, 1.807) is 11.0 Å². The molecule has 4 aliphatic rings. The van der Waals surface area contributed by atoms with E-state index in [-0.39, 0.29) is 24.0 Å². The zero-order chi connectivity index (χ0) is 32.1. The molecule has 1 spiro atoms. The normalized spacial score (nSPS) is 27.4. The van der Waals surface area contributed by atoms with E-state index in [2.05, 4.69) is 29.2 Å². The Balaban J connectivity index is 1.31. The van der Waals surface area contributed by atoms with Crippen molar-refractivity contribution >= 4 is 23.9 Å². The van der Waals surface area contributed by atoms with Gasteiger partial charge in [-0.2, -0.15) is 0 Å². The second kappa shape index (κ2) is 11.7. The van der Waals surface area contributed by atoms with Crippen molar-refractivity contribution in [2.75, 3.05) is 20.1 Å². The molecule has 1 saturated heterocycles. The predicted molar refractivity (Wildman–Crippen MR) is 173 cm³/mol. The average molecular weight is 621 g/mol. The van der Waals surface area contributed by atoms with Crippen LogP contribution in [0.15, 0.2) is 78.9 Å². The molecule has 0 N–H and O–H groups in total. The number of ether oxygens (including phenoxy) is 3. The number of hydrogen-bond donors (Lipinski definition) is 0. The lowest BCUT2D eigenvalue weighted by atomic mass is 9.48. The minimum Gasteiger partial charge on any atom is -0.483 e.